The van der Waals surface area contributed by atoms with Crippen molar-refractivity contribution in [2.45, 2.75) is 50.5 Å². The van der Waals surface area contributed by atoms with Crippen LogP contribution in [-0.2, 0) is 12.0 Å². The van der Waals surface area contributed by atoms with Gasteiger partial charge in [-0.2, -0.15) is 5.10 Å². The molecule has 0 amide bonds. The number of pyridine rings is 1. The Morgan fingerprint density at radius 3 is 2.41 bits per heavy atom. The minimum atomic E-state index is -0.856. The number of benzene rings is 2. The van der Waals surface area contributed by atoms with Gasteiger partial charge in [0.05, 0.1) is 11.3 Å². The van der Waals surface area contributed by atoms with E-state index in [1.165, 1.54) is 12.8 Å². The van der Waals surface area contributed by atoms with Gasteiger partial charge >= 0.3 is 0 Å². The van der Waals surface area contributed by atoms with Crippen LogP contribution in [0.3, 0.4) is 0 Å². The van der Waals surface area contributed by atoms with Crippen molar-refractivity contribution in [3.8, 4) is 0 Å². The lowest BCUT2D eigenvalue weighted by Crippen LogP contribution is -2.42. The molecule has 2 aromatic heterocycles. The molecule has 0 spiro atoms. The molecular formula is C33H38ClN5O2. The highest BCUT2D eigenvalue weighted by molar-refractivity contribution is 6.30. The Kier molecular flexibility index (Phi) is 8.11. The predicted molar refractivity (Wildman–Crippen MR) is 163 cm³/mol. The first-order valence-corrected chi connectivity index (χ1v) is 15.1. The Bertz CT molecular complexity index is 1480. The number of ketones is 1. The number of carbonyl (C=O) groups excluding carboxylic acids is 1. The van der Waals surface area contributed by atoms with Crippen LogP contribution in [-0.4, -0.2) is 63.6 Å². The van der Waals surface area contributed by atoms with Gasteiger partial charge < -0.3 is 14.9 Å². The fraction of sp³-hybridized carbons (Fsp3) is 0.424. The van der Waals surface area contributed by atoms with Crippen molar-refractivity contribution in [2.75, 3.05) is 38.1 Å². The summed E-state index contributed by atoms with van der Waals surface area (Å²) in [4.78, 5) is 22.3. The van der Waals surface area contributed by atoms with Crippen LogP contribution in [0.5, 0.6) is 0 Å². The first kappa shape index (κ1) is 27.9. The van der Waals surface area contributed by atoms with Crippen LogP contribution in [0.4, 0.5) is 5.69 Å². The smallest absolute Gasteiger partial charge is 0.178 e. The Balaban J connectivity index is 1.08. The van der Waals surface area contributed by atoms with Gasteiger partial charge in [-0.15, -0.1) is 0 Å². The number of Topliss-reactive ketones (excluding diaryl/α,β-unsaturated/α-hetero) is 1. The van der Waals surface area contributed by atoms with Gasteiger partial charge in [0, 0.05) is 42.7 Å². The molecule has 4 aromatic rings. The Labute approximate surface area is 246 Å². The summed E-state index contributed by atoms with van der Waals surface area (Å²) in [6.45, 7) is 3.71. The van der Waals surface area contributed by atoms with Gasteiger partial charge in [0.15, 0.2) is 17.3 Å². The van der Waals surface area contributed by atoms with E-state index in [-0.39, 0.29) is 5.78 Å². The number of likely N-dealkylation sites (tertiary alicyclic amines) is 1. The van der Waals surface area contributed by atoms with Crippen molar-refractivity contribution < 1.29 is 9.90 Å². The molecule has 2 aliphatic heterocycles. The van der Waals surface area contributed by atoms with Crippen LogP contribution in [0.2, 0.25) is 5.02 Å². The average molecular weight is 572 g/mol. The first-order chi connectivity index (χ1) is 19.9. The maximum absolute atomic E-state index is 12.8. The molecule has 0 unspecified atom stereocenters. The third-order valence-corrected chi connectivity index (χ3v) is 9.21. The van der Waals surface area contributed by atoms with Gasteiger partial charge in [-0.05, 0) is 93.6 Å². The topological polar surface area (TPSA) is 74.0 Å². The summed E-state index contributed by atoms with van der Waals surface area (Å²) in [5.41, 5.74) is 3.77. The van der Waals surface area contributed by atoms with E-state index in [4.69, 9.17) is 21.7 Å². The Morgan fingerprint density at radius 1 is 1.00 bits per heavy atom. The molecule has 7 nitrogen and oxygen atoms in total. The zero-order chi connectivity index (χ0) is 28.4. The molecule has 0 radical (unpaired) electrons. The van der Waals surface area contributed by atoms with Crippen LogP contribution < -0.4 is 4.90 Å². The fourth-order valence-corrected chi connectivity index (χ4v) is 6.37. The van der Waals surface area contributed by atoms with Crippen LogP contribution in [0.15, 0.2) is 66.9 Å². The number of carbonyl (C=O) groups is 1. The second-order valence-electron chi connectivity index (χ2n) is 11.8. The molecule has 2 saturated heterocycles. The van der Waals surface area contributed by atoms with Gasteiger partial charge in [-0.1, -0.05) is 48.0 Å². The van der Waals surface area contributed by atoms with Crippen molar-refractivity contribution in [2.24, 2.45) is 5.92 Å². The largest absolute Gasteiger partial charge is 0.385 e. The Morgan fingerprint density at radius 2 is 1.71 bits per heavy atom. The fourth-order valence-electron chi connectivity index (χ4n) is 6.25. The van der Waals surface area contributed by atoms with Crippen molar-refractivity contribution in [1.29, 1.82) is 0 Å². The number of aromatic nitrogens is 3. The highest BCUT2D eigenvalue weighted by atomic mass is 35.5. The third-order valence-electron chi connectivity index (χ3n) is 8.95. The molecule has 214 valence electrons. The lowest BCUT2D eigenvalue weighted by molar-refractivity contribution is 0.0118. The van der Waals surface area contributed by atoms with E-state index in [0.29, 0.717) is 49.7 Å². The molecule has 2 aromatic carbocycles. The van der Waals surface area contributed by atoms with Gasteiger partial charge in [0.1, 0.15) is 0 Å². The highest BCUT2D eigenvalue weighted by Gasteiger charge is 2.34. The van der Waals surface area contributed by atoms with Crippen LogP contribution in [0.25, 0.3) is 5.65 Å². The normalized spacial score (nSPS) is 18.2. The average Bonchev–Trinajstić information content (AvgIpc) is 3.40. The molecule has 41 heavy (non-hydrogen) atoms. The van der Waals surface area contributed by atoms with Crippen LogP contribution in [0, 0.1) is 5.92 Å². The first-order valence-electron chi connectivity index (χ1n) is 14.7. The van der Waals surface area contributed by atoms with Gasteiger partial charge in [0.2, 0.25) is 0 Å². The molecule has 2 fully saturated rings. The molecule has 2 aliphatic rings. The number of hydrogen-bond acceptors (Lipinski definition) is 6. The second kappa shape index (κ2) is 11.9. The number of aliphatic hydroxyl groups is 1. The molecule has 6 rings (SSSR count). The monoisotopic (exact) mass is 571 g/mol. The van der Waals surface area contributed by atoms with E-state index in [2.05, 4.69) is 22.9 Å². The SMILES string of the molecule is CN1CCC(CCC(=O)c2ccc(Cc3nc4c(N5CCC(O)(c6ccc(Cl)cc6)CC5)cccn4n3)cc2)CC1. The van der Waals surface area contributed by atoms with Crippen molar-refractivity contribution in [1.82, 2.24) is 19.5 Å². The molecule has 8 heteroatoms. The summed E-state index contributed by atoms with van der Waals surface area (Å²) in [5, 5.41) is 16.7. The summed E-state index contributed by atoms with van der Waals surface area (Å²) in [5.74, 6) is 1.64. The molecule has 0 atom stereocenters. The Hall–Kier alpha value is -3.26. The summed E-state index contributed by atoms with van der Waals surface area (Å²) in [6.07, 6.45) is 7.77. The van der Waals surface area contributed by atoms with Gasteiger partial charge in [-0.25, -0.2) is 9.50 Å². The zero-order valence-corrected chi connectivity index (χ0v) is 24.4. The number of nitrogens with zero attached hydrogens (tertiary/aromatic N) is 5. The molecular weight excluding hydrogens is 534 g/mol. The minimum absolute atomic E-state index is 0.232. The van der Waals surface area contributed by atoms with E-state index < -0.39 is 5.60 Å². The van der Waals surface area contributed by atoms with Crippen molar-refractivity contribution >= 4 is 28.7 Å². The number of anilines is 1. The molecule has 1 N–H and O–H groups in total. The quantitative estimate of drug-likeness (QED) is 0.271. The lowest BCUT2D eigenvalue weighted by atomic mass is 9.84. The zero-order valence-electron chi connectivity index (χ0n) is 23.7. The number of halogens is 1. The van der Waals surface area contributed by atoms with Crippen molar-refractivity contribution in [3.63, 3.8) is 0 Å². The molecule has 0 saturated carbocycles. The summed E-state index contributed by atoms with van der Waals surface area (Å²) >= 11 is 6.05. The summed E-state index contributed by atoms with van der Waals surface area (Å²) in [6, 6.07) is 19.5. The number of rotatable bonds is 8. The van der Waals surface area contributed by atoms with E-state index in [0.717, 1.165) is 53.4 Å². The van der Waals surface area contributed by atoms with Crippen LogP contribution in [0.1, 0.15) is 65.8 Å². The van der Waals surface area contributed by atoms with E-state index in [1.807, 2.05) is 65.3 Å². The van der Waals surface area contributed by atoms with Crippen LogP contribution >= 0.6 is 11.6 Å². The maximum atomic E-state index is 12.8. The molecule has 0 aliphatic carbocycles. The number of hydrogen-bond donors (Lipinski definition) is 1. The van der Waals surface area contributed by atoms with Gasteiger partial charge in [0.25, 0.3) is 0 Å². The third kappa shape index (κ3) is 6.32. The van der Waals surface area contributed by atoms with E-state index >= 15 is 0 Å². The minimum Gasteiger partial charge on any atom is -0.385 e. The second-order valence-corrected chi connectivity index (χ2v) is 12.2. The van der Waals surface area contributed by atoms with E-state index in [9.17, 15) is 9.90 Å². The van der Waals surface area contributed by atoms with Gasteiger partial charge in [-0.3, -0.25) is 4.79 Å². The summed E-state index contributed by atoms with van der Waals surface area (Å²) in [7, 11) is 2.17. The number of fused-ring (bicyclic) bond motifs is 1. The lowest BCUT2D eigenvalue weighted by Gasteiger charge is -2.39. The molecule has 4 heterocycles. The standard InChI is InChI=1S/C33H38ClN5O2/c1-37-19-14-24(15-20-37)6-13-30(40)26-7-4-25(5-8-26)23-31-35-32-29(3-2-18-39(32)36-31)38-21-16-33(41,17-22-38)27-9-11-28(34)12-10-27/h2-5,7-12,18,24,41H,6,13-17,19-23H2,1H3. The maximum Gasteiger partial charge on any atom is 0.178 e. The van der Waals surface area contributed by atoms with Crippen molar-refractivity contribution in [3.05, 3.63) is 94.4 Å². The molecule has 0 bridgehead atoms. The van der Waals surface area contributed by atoms with E-state index in [1.54, 1.807) is 0 Å². The predicted octanol–water partition coefficient (Wildman–Crippen LogP) is 5.77. The highest BCUT2D eigenvalue weighted by Crippen LogP contribution is 2.36. The number of piperidine rings is 2. The summed E-state index contributed by atoms with van der Waals surface area (Å²) < 4.78 is 1.84.